The molecular formula is C8H9OS+. The van der Waals surface area contributed by atoms with Crippen molar-refractivity contribution in [3.63, 3.8) is 0 Å². The van der Waals surface area contributed by atoms with Crippen LogP contribution in [0.2, 0.25) is 0 Å². The Morgan fingerprint density at radius 2 is 1.60 bits per heavy atom. The minimum atomic E-state index is 0.547. The van der Waals surface area contributed by atoms with Gasteiger partial charge in [0.25, 0.3) is 4.90 Å². The fraction of sp³-hybridized carbons (Fsp3) is 0.250. The van der Waals surface area contributed by atoms with Gasteiger partial charge in [-0.05, 0) is 25.0 Å². The minimum Gasteiger partial charge on any atom is -0.0560 e. The van der Waals surface area contributed by atoms with Crippen molar-refractivity contribution in [1.82, 2.24) is 0 Å². The van der Waals surface area contributed by atoms with Crippen LogP contribution in [0.3, 0.4) is 0 Å². The molecule has 1 aromatic carbocycles. The Morgan fingerprint density at radius 1 is 1.10 bits per heavy atom. The third-order valence-corrected chi connectivity index (χ3v) is 1.72. The molecule has 0 aliphatic rings. The molecule has 0 spiro atoms. The van der Waals surface area contributed by atoms with Gasteiger partial charge in [0, 0.05) is 16.3 Å². The van der Waals surface area contributed by atoms with Crippen LogP contribution in [-0.2, 0) is 15.9 Å². The highest BCUT2D eigenvalue weighted by Crippen LogP contribution is 2.07. The molecule has 1 nitrogen and oxygen atoms in total. The zero-order valence-electron chi connectivity index (χ0n) is 6.05. The van der Waals surface area contributed by atoms with Crippen LogP contribution in [0.1, 0.15) is 11.1 Å². The van der Waals surface area contributed by atoms with Crippen LogP contribution in [0.15, 0.2) is 23.1 Å². The summed E-state index contributed by atoms with van der Waals surface area (Å²) in [5.74, 6) is 0. The summed E-state index contributed by atoms with van der Waals surface area (Å²) in [5, 5.41) is 0. The summed E-state index contributed by atoms with van der Waals surface area (Å²) in [5.41, 5.74) is 2.30. The van der Waals surface area contributed by atoms with E-state index in [-0.39, 0.29) is 0 Å². The summed E-state index contributed by atoms with van der Waals surface area (Å²) in [4.78, 5) is 0.803. The second kappa shape index (κ2) is 2.88. The van der Waals surface area contributed by atoms with Crippen molar-refractivity contribution in [2.24, 2.45) is 0 Å². The number of aryl methyl sites for hydroxylation is 2. The molecule has 1 aromatic rings. The maximum Gasteiger partial charge on any atom is 0.505 e. The first-order chi connectivity index (χ1) is 4.72. The number of hydrogen-bond donors (Lipinski definition) is 0. The maximum absolute atomic E-state index is 10.4. The standard InChI is InChI=1S/C8H9OS/c1-6-3-7(2)5-8(4-6)10-9/h3-5H,1-2H3/q+1. The van der Waals surface area contributed by atoms with Gasteiger partial charge in [0.15, 0.2) is 0 Å². The second-order valence-corrected chi connectivity index (χ2v) is 3.04. The number of hydrogen-bond acceptors (Lipinski definition) is 1. The summed E-state index contributed by atoms with van der Waals surface area (Å²) < 4.78 is 10.4. The molecule has 10 heavy (non-hydrogen) atoms. The van der Waals surface area contributed by atoms with Crippen LogP contribution in [0, 0.1) is 13.8 Å². The Bertz CT molecular complexity index is 235. The van der Waals surface area contributed by atoms with E-state index in [2.05, 4.69) is 6.07 Å². The van der Waals surface area contributed by atoms with Crippen molar-refractivity contribution in [1.29, 1.82) is 0 Å². The van der Waals surface area contributed by atoms with Crippen molar-refractivity contribution in [3.05, 3.63) is 29.3 Å². The highest BCUT2D eigenvalue weighted by atomic mass is 32.1. The molecule has 0 aliphatic heterocycles. The van der Waals surface area contributed by atoms with E-state index in [1.165, 1.54) is 0 Å². The summed E-state index contributed by atoms with van der Waals surface area (Å²) in [7, 11) is 0. The fourth-order valence-electron chi connectivity index (χ4n) is 0.981. The SMILES string of the molecule is Cc1cc(C)cc([S+]=O)c1. The minimum absolute atomic E-state index is 0.547. The van der Waals surface area contributed by atoms with Crippen molar-refractivity contribution in [2.75, 3.05) is 0 Å². The van der Waals surface area contributed by atoms with Gasteiger partial charge < -0.3 is 0 Å². The van der Waals surface area contributed by atoms with Crippen LogP contribution in [0.4, 0.5) is 0 Å². The van der Waals surface area contributed by atoms with E-state index in [0.29, 0.717) is 11.7 Å². The molecule has 0 amide bonds. The molecule has 0 bridgehead atoms. The Kier molecular flexibility index (Phi) is 2.12. The van der Waals surface area contributed by atoms with Gasteiger partial charge in [-0.3, -0.25) is 0 Å². The first-order valence-electron chi connectivity index (χ1n) is 3.10. The van der Waals surface area contributed by atoms with Gasteiger partial charge in [-0.15, -0.1) is 0 Å². The highest BCUT2D eigenvalue weighted by Gasteiger charge is 2.05. The molecule has 1 rings (SSSR count). The van der Waals surface area contributed by atoms with Gasteiger partial charge in [0.2, 0.25) is 0 Å². The van der Waals surface area contributed by atoms with Gasteiger partial charge in [-0.2, -0.15) is 0 Å². The average molecular weight is 153 g/mol. The largest absolute Gasteiger partial charge is 0.505 e. The number of benzene rings is 1. The molecule has 0 heterocycles. The summed E-state index contributed by atoms with van der Waals surface area (Å²) in [6.07, 6.45) is 0. The quantitative estimate of drug-likeness (QED) is 0.564. The van der Waals surface area contributed by atoms with Crippen LogP contribution >= 0.6 is 0 Å². The van der Waals surface area contributed by atoms with Crippen LogP contribution in [-0.4, -0.2) is 0 Å². The van der Waals surface area contributed by atoms with Gasteiger partial charge in [-0.1, -0.05) is 6.07 Å². The van der Waals surface area contributed by atoms with E-state index < -0.39 is 0 Å². The molecule has 0 saturated carbocycles. The van der Waals surface area contributed by atoms with Gasteiger partial charge in [0.05, 0.1) is 0 Å². The number of rotatable bonds is 1. The van der Waals surface area contributed by atoms with Crippen LogP contribution in [0.5, 0.6) is 0 Å². The lowest BCUT2D eigenvalue weighted by Gasteiger charge is -1.90. The lowest BCUT2D eigenvalue weighted by Crippen LogP contribution is -1.79. The van der Waals surface area contributed by atoms with Gasteiger partial charge >= 0.3 is 11.7 Å². The molecule has 0 aliphatic carbocycles. The van der Waals surface area contributed by atoms with E-state index in [1.807, 2.05) is 26.0 Å². The van der Waals surface area contributed by atoms with Gasteiger partial charge in [0.1, 0.15) is 0 Å². The van der Waals surface area contributed by atoms with Crippen molar-refractivity contribution in [3.8, 4) is 0 Å². The summed E-state index contributed by atoms with van der Waals surface area (Å²) in [6.45, 7) is 3.99. The predicted octanol–water partition coefficient (Wildman–Crippen LogP) is 2.09. The average Bonchev–Trinajstić information content (AvgIpc) is 1.85. The molecule has 0 radical (unpaired) electrons. The van der Waals surface area contributed by atoms with Crippen LogP contribution < -0.4 is 0 Å². The predicted molar refractivity (Wildman–Crippen MR) is 42.2 cm³/mol. The fourth-order valence-corrected chi connectivity index (χ4v) is 1.45. The molecule has 0 fully saturated rings. The van der Waals surface area contributed by atoms with Gasteiger partial charge in [-0.25, -0.2) is 0 Å². The normalized spacial score (nSPS) is 9.40. The molecule has 2 heteroatoms. The maximum atomic E-state index is 10.4. The highest BCUT2D eigenvalue weighted by molar-refractivity contribution is 7.65. The molecule has 0 N–H and O–H groups in total. The third-order valence-electron chi connectivity index (χ3n) is 1.29. The Labute approximate surface area is 64.6 Å². The van der Waals surface area contributed by atoms with Crippen LogP contribution in [0.25, 0.3) is 0 Å². The zero-order valence-corrected chi connectivity index (χ0v) is 6.87. The van der Waals surface area contributed by atoms with Crippen molar-refractivity contribution in [2.45, 2.75) is 18.7 Å². The van der Waals surface area contributed by atoms with E-state index in [9.17, 15) is 4.21 Å². The zero-order chi connectivity index (χ0) is 7.56. The first-order valence-corrected chi connectivity index (χ1v) is 3.84. The molecule has 0 aromatic heterocycles. The molecule has 0 saturated heterocycles. The topological polar surface area (TPSA) is 17.1 Å². The van der Waals surface area contributed by atoms with E-state index in [1.54, 1.807) is 0 Å². The lowest BCUT2D eigenvalue weighted by atomic mass is 10.2. The van der Waals surface area contributed by atoms with Crippen molar-refractivity contribution < 1.29 is 4.21 Å². The molecule has 0 atom stereocenters. The van der Waals surface area contributed by atoms with E-state index in [0.717, 1.165) is 16.0 Å². The smallest absolute Gasteiger partial charge is 0.0560 e. The van der Waals surface area contributed by atoms with Crippen molar-refractivity contribution >= 4 is 11.7 Å². The Morgan fingerprint density at radius 3 is 2.00 bits per heavy atom. The molecule has 52 valence electrons. The summed E-state index contributed by atoms with van der Waals surface area (Å²) in [6, 6.07) is 5.84. The van der Waals surface area contributed by atoms with E-state index >= 15 is 0 Å². The Balaban J connectivity index is 3.18. The second-order valence-electron chi connectivity index (χ2n) is 2.41. The third kappa shape index (κ3) is 1.61. The Hall–Kier alpha value is -0.760. The molecule has 0 unspecified atom stereocenters. The lowest BCUT2D eigenvalue weighted by molar-refractivity contribution is 0.605. The monoisotopic (exact) mass is 153 g/mol. The summed E-state index contributed by atoms with van der Waals surface area (Å²) >= 11 is 0.547. The first kappa shape index (κ1) is 7.35. The van der Waals surface area contributed by atoms with E-state index in [4.69, 9.17) is 0 Å². The molecular weight excluding hydrogens is 144 g/mol.